The molecule has 0 spiro atoms. The lowest BCUT2D eigenvalue weighted by Crippen LogP contribution is -2.27. The molecule has 0 aromatic heterocycles. The number of hydrogen-bond donors (Lipinski definition) is 2. The molecule has 1 saturated carbocycles. The highest BCUT2D eigenvalue weighted by atomic mass is 32.2. The summed E-state index contributed by atoms with van der Waals surface area (Å²) in [4.78, 5) is 10.8. The van der Waals surface area contributed by atoms with E-state index in [1.54, 1.807) is 0 Å². The standard InChI is InChI=1S/C13H17NO4S/c15-13(16)11-4-6-12(7-5-11)19(17,18)14-9-8-10-2-1-3-10/h4-7,10,14H,1-3,8-9H2,(H,15,16). The minimum atomic E-state index is -3.53. The monoisotopic (exact) mass is 283 g/mol. The fourth-order valence-corrected chi connectivity index (χ4v) is 3.09. The topological polar surface area (TPSA) is 83.5 Å². The van der Waals surface area contributed by atoms with Crippen LogP contribution in [-0.2, 0) is 10.0 Å². The molecule has 1 aliphatic carbocycles. The van der Waals surface area contributed by atoms with Crippen molar-refractivity contribution in [1.82, 2.24) is 4.72 Å². The van der Waals surface area contributed by atoms with Crippen LogP contribution in [0.4, 0.5) is 0 Å². The SMILES string of the molecule is O=C(O)c1ccc(S(=O)(=O)NCCC2CCC2)cc1. The number of aromatic carboxylic acids is 1. The van der Waals surface area contributed by atoms with Gasteiger partial charge in [0.25, 0.3) is 0 Å². The third-order valence-electron chi connectivity index (χ3n) is 3.48. The van der Waals surface area contributed by atoms with E-state index < -0.39 is 16.0 Å². The Morgan fingerprint density at radius 3 is 2.37 bits per heavy atom. The third-order valence-corrected chi connectivity index (χ3v) is 4.96. The van der Waals surface area contributed by atoms with E-state index in [0.29, 0.717) is 12.5 Å². The molecule has 0 bridgehead atoms. The van der Waals surface area contributed by atoms with Gasteiger partial charge in [0.15, 0.2) is 0 Å². The molecule has 0 heterocycles. The van der Waals surface area contributed by atoms with Gasteiger partial charge in [-0.1, -0.05) is 19.3 Å². The van der Waals surface area contributed by atoms with Gasteiger partial charge in [0.2, 0.25) is 10.0 Å². The van der Waals surface area contributed by atoms with Crippen molar-refractivity contribution in [2.75, 3.05) is 6.54 Å². The van der Waals surface area contributed by atoms with Crippen LogP contribution in [0.15, 0.2) is 29.2 Å². The fourth-order valence-electron chi connectivity index (χ4n) is 2.04. The molecule has 0 aliphatic heterocycles. The lowest BCUT2D eigenvalue weighted by atomic mass is 9.83. The summed E-state index contributed by atoms with van der Waals surface area (Å²) in [6.07, 6.45) is 4.49. The van der Waals surface area contributed by atoms with Crippen LogP contribution in [-0.4, -0.2) is 26.0 Å². The molecule has 0 saturated heterocycles. The summed E-state index contributed by atoms with van der Waals surface area (Å²) in [5.74, 6) is -0.418. The van der Waals surface area contributed by atoms with Gasteiger partial charge in [-0.3, -0.25) is 0 Å². The zero-order valence-electron chi connectivity index (χ0n) is 10.5. The number of benzene rings is 1. The van der Waals surface area contributed by atoms with Crippen LogP contribution < -0.4 is 4.72 Å². The van der Waals surface area contributed by atoms with Crippen molar-refractivity contribution in [3.8, 4) is 0 Å². The average Bonchev–Trinajstić information content (AvgIpc) is 2.32. The lowest BCUT2D eigenvalue weighted by Gasteiger charge is -2.25. The molecule has 104 valence electrons. The van der Waals surface area contributed by atoms with Crippen molar-refractivity contribution < 1.29 is 18.3 Å². The van der Waals surface area contributed by atoms with Crippen LogP contribution in [0.3, 0.4) is 0 Å². The summed E-state index contributed by atoms with van der Waals surface area (Å²) in [5.41, 5.74) is 0.0772. The predicted octanol–water partition coefficient (Wildman–Crippen LogP) is 1.85. The van der Waals surface area contributed by atoms with Gasteiger partial charge in [0.05, 0.1) is 10.5 Å². The van der Waals surface area contributed by atoms with Gasteiger partial charge in [-0.2, -0.15) is 0 Å². The fraction of sp³-hybridized carbons (Fsp3) is 0.462. The van der Waals surface area contributed by atoms with E-state index in [-0.39, 0.29) is 10.5 Å². The first-order chi connectivity index (χ1) is 8.99. The highest BCUT2D eigenvalue weighted by Gasteiger charge is 2.19. The van der Waals surface area contributed by atoms with E-state index in [4.69, 9.17) is 5.11 Å². The summed E-state index contributed by atoms with van der Waals surface area (Å²) in [7, 11) is -3.53. The van der Waals surface area contributed by atoms with Crippen molar-refractivity contribution >= 4 is 16.0 Å². The molecule has 0 atom stereocenters. The van der Waals surface area contributed by atoms with Crippen molar-refractivity contribution in [3.05, 3.63) is 29.8 Å². The molecule has 19 heavy (non-hydrogen) atoms. The Kier molecular flexibility index (Phi) is 4.21. The van der Waals surface area contributed by atoms with E-state index in [0.717, 1.165) is 6.42 Å². The normalized spacial score (nSPS) is 16.0. The summed E-state index contributed by atoms with van der Waals surface area (Å²) in [5, 5.41) is 8.75. The highest BCUT2D eigenvalue weighted by Crippen LogP contribution is 2.28. The van der Waals surface area contributed by atoms with E-state index in [9.17, 15) is 13.2 Å². The number of carboxylic acids is 1. The molecule has 1 aliphatic rings. The zero-order chi connectivity index (χ0) is 13.9. The van der Waals surface area contributed by atoms with Crippen LogP contribution in [0.25, 0.3) is 0 Å². The summed E-state index contributed by atoms with van der Waals surface area (Å²) in [6.45, 7) is 0.438. The molecule has 0 radical (unpaired) electrons. The number of carbonyl (C=O) groups is 1. The van der Waals surface area contributed by atoms with Gasteiger partial charge in [-0.25, -0.2) is 17.9 Å². The summed E-state index contributed by atoms with van der Waals surface area (Å²) >= 11 is 0. The minimum Gasteiger partial charge on any atom is -0.478 e. The quantitative estimate of drug-likeness (QED) is 0.834. The minimum absolute atomic E-state index is 0.0772. The smallest absolute Gasteiger partial charge is 0.335 e. The Morgan fingerprint density at radius 2 is 1.89 bits per heavy atom. The van der Waals surface area contributed by atoms with Gasteiger partial charge in [-0.15, -0.1) is 0 Å². The van der Waals surface area contributed by atoms with E-state index in [1.165, 1.54) is 43.5 Å². The summed E-state index contributed by atoms with van der Waals surface area (Å²) < 4.78 is 26.4. The van der Waals surface area contributed by atoms with Gasteiger partial charge < -0.3 is 5.11 Å². The van der Waals surface area contributed by atoms with Crippen molar-refractivity contribution in [2.24, 2.45) is 5.92 Å². The first kappa shape index (κ1) is 14.0. The molecule has 1 aromatic rings. The van der Waals surface area contributed by atoms with E-state index in [1.807, 2.05) is 0 Å². The predicted molar refractivity (Wildman–Crippen MR) is 70.5 cm³/mol. The van der Waals surface area contributed by atoms with Gasteiger partial charge in [0.1, 0.15) is 0 Å². The second-order valence-electron chi connectivity index (χ2n) is 4.81. The molecule has 1 aromatic carbocycles. The van der Waals surface area contributed by atoms with Crippen LogP contribution in [0.1, 0.15) is 36.0 Å². The van der Waals surface area contributed by atoms with Gasteiger partial charge in [0, 0.05) is 6.54 Å². The maximum absolute atomic E-state index is 11.9. The first-order valence-corrected chi connectivity index (χ1v) is 7.80. The van der Waals surface area contributed by atoms with Crippen LogP contribution >= 0.6 is 0 Å². The molecule has 6 heteroatoms. The Hall–Kier alpha value is -1.40. The molecular weight excluding hydrogens is 266 g/mol. The van der Waals surface area contributed by atoms with Crippen LogP contribution in [0.2, 0.25) is 0 Å². The molecule has 2 N–H and O–H groups in total. The van der Waals surface area contributed by atoms with Crippen molar-refractivity contribution in [1.29, 1.82) is 0 Å². The zero-order valence-corrected chi connectivity index (χ0v) is 11.3. The number of nitrogens with one attached hydrogen (secondary N) is 1. The molecule has 0 amide bonds. The Labute approximate surface area is 112 Å². The largest absolute Gasteiger partial charge is 0.478 e. The molecule has 1 fully saturated rings. The third kappa shape index (κ3) is 3.54. The Bertz CT molecular complexity index is 547. The number of hydrogen-bond acceptors (Lipinski definition) is 3. The Morgan fingerprint density at radius 1 is 1.26 bits per heavy atom. The average molecular weight is 283 g/mol. The number of carboxylic acid groups (broad SMARTS) is 1. The Balaban J connectivity index is 1.95. The molecule has 2 rings (SSSR count). The van der Waals surface area contributed by atoms with Gasteiger partial charge in [-0.05, 0) is 36.6 Å². The van der Waals surface area contributed by atoms with Gasteiger partial charge >= 0.3 is 5.97 Å². The molecule has 0 unspecified atom stereocenters. The molecular formula is C13H17NO4S. The van der Waals surface area contributed by atoms with Crippen LogP contribution in [0.5, 0.6) is 0 Å². The highest BCUT2D eigenvalue weighted by molar-refractivity contribution is 7.89. The number of rotatable bonds is 6. The summed E-state index contributed by atoms with van der Waals surface area (Å²) in [6, 6.07) is 5.22. The maximum atomic E-state index is 11.9. The lowest BCUT2D eigenvalue weighted by molar-refractivity contribution is 0.0696. The maximum Gasteiger partial charge on any atom is 0.335 e. The van der Waals surface area contributed by atoms with E-state index >= 15 is 0 Å². The second-order valence-corrected chi connectivity index (χ2v) is 6.58. The first-order valence-electron chi connectivity index (χ1n) is 6.32. The second kappa shape index (κ2) is 5.71. The van der Waals surface area contributed by atoms with Crippen molar-refractivity contribution in [3.63, 3.8) is 0 Å². The molecule has 5 nitrogen and oxygen atoms in total. The van der Waals surface area contributed by atoms with E-state index in [2.05, 4.69) is 4.72 Å². The van der Waals surface area contributed by atoms with Crippen LogP contribution in [0, 0.1) is 5.92 Å². The van der Waals surface area contributed by atoms with Crippen molar-refractivity contribution in [2.45, 2.75) is 30.6 Å². The number of sulfonamides is 1.